The highest BCUT2D eigenvalue weighted by Crippen LogP contribution is 2.37. The molecule has 2 nitrogen and oxygen atoms in total. The molecule has 0 aliphatic carbocycles. The number of rotatable bonds is 1. The molecule has 0 bridgehead atoms. The fraction of sp³-hybridized carbons (Fsp3) is 0.375. The molecule has 14 heavy (non-hydrogen) atoms. The van der Waals surface area contributed by atoms with Crippen LogP contribution in [0.15, 0.2) is 11.1 Å². The van der Waals surface area contributed by atoms with E-state index in [2.05, 4.69) is 4.98 Å². The summed E-state index contributed by atoms with van der Waals surface area (Å²) in [6.45, 7) is 1.38. The number of anilines is 1. The van der Waals surface area contributed by atoms with Crippen LogP contribution >= 0.6 is 11.8 Å². The van der Waals surface area contributed by atoms with Gasteiger partial charge in [0.05, 0.1) is 5.56 Å². The highest BCUT2D eigenvalue weighted by molar-refractivity contribution is 7.98. The second-order valence-corrected chi connectivity index (χ2v) is 3.54. The summed E-state index contributed by atoms with van der Waals surface area (Å²) in [5.74, 6) is 0.111. The predicted octanol–water partition coefficient (Wildman–Crippen LogP) is 2.71. The van der Waals surface area contributed by atoms with E-state index in [9.17, 15) is 13.2 Å². The number of nitrogens with zero attached hydrogens (tertiary/aromatic N) is 1. The first-order valence-corrected chi connectivity index (χ1v) is 4.97. The Morgan fingerprint density at radius 1 is 1.43 bits per heavy atom. The van der Waals surface area contributed by atoms with Gasteiger partial charge in [0.15, 0.2) is 0 Å². The van der Waals surface area contributed by atoms with E-state index in [1.807, 2.05) is 0 Å². The molecule has 6 heteroatoms. The second kappa shape index (κ2) is 3.68. The Morgan fingerprint density at radius 2 is 2.00 bits per heavy atom. The number of alkyl halides is 3. The van der Waals surface area contributed by atoms with Crippen molar-refractivity contribution in [2.75, 3.05) is 12.0 Å². The highest BCUT2D eigenvalue weighted by atomic mass is 32.2. The molecule has 2 N–H and O–H groups in total. The summed E-state index contributed by atoms with van der Waals surface area (Å²) >= 11 is 0.940. The van der Waals surface area contributed by atoms with Crippen LogP contribution in [0.25, 0.3) is 0 Å². The van der Waals surface area contributed by atoms with E-state index in [0.29, 0.717) is 0 Å². The molecule has 0 atom stereocenters. The largest absolute Gasteiger partial charge is 0.419 e. The molecule has 0 fully saturated rings. The quantitative estimate of drug-likeness (QED) is 0.742. The van der Waals surface area contributed by atoms with Crippen LogP contribution in [0.5, 0.6) is 0 Å². The first-order chi connectivity index (χ1) is 6.36. The van der Waals surface area contributed by atoms with E-state index >= 15 is 0 Å². The van der Waals surface area contributed by atoms with Crippen LogP contribution in [0, 0.1) is 6.92 Å². The third-order valence-electron chi connectivity index (χ3n) is 1.68. The summed E-state index contributed by atoms with van der Waals surface area (Å²) in [5, 5.41) is -0.0741. The summed E-state index contributed by atoms with van der Waals surface area (Å²) < 4.78 is 37.6. The van der Waals surface area contributed by atoms with Crippen LogP contribution in [0.3, 0.4) is 0 Å². The summed E-state index contributed by atoms with van der Waals surface area (Å²) in [5.41, 5.74) is 4.77. The maximum absolute atomic E-state index is 12.5. The predicted molar refractivity (Wildman–Crippen MR) is 50.2 cm³/mol. The number of hydrogen-bond donors (Lipinski definition) is 1. The van der Waals surface area contributed by atoms with Gasteiger partial charge in [-0.3, -0.25) is 0 Å². The zero-order chi connectivity index (χ0) is 10.9. The van der Waals surface area contributed by atoms with Gasteiger partial charge in [-0.1, -0.05) is 0 Å². The molecule has 1 aromatic heterocycles. The van der Waals surface area contributed by atoms with Crippen LogP contribution in [0.2, 0.25) is 0 Å². The van der Waals surface area contributed by atoms with Crippen molar-refractivity contribution in [1.29, 1.82) is 0 Å². The number of hydrogen-bond acceptors (Lipinski definition) is 3. The highest BCUT2D eigenvalue weighted by Gasteiger charge is 2.36. The standard InChI is InChI=1S/C8H9F3N2S/c1-4-3-5(12)13-7(14-2)6(4)8(9,10)11/h3H,1-2H3,(H2,12,13). The van der Waals surface area contributed by atoms with E-state index in [4.69, 9.17) is 5.73 Å². The van der Waals surface area contributed by atoms with Gasteiger partial charge in [-0.15, -0.1) is 11.8 Å². The van der Waals surface area contributed by atoms with E-state index in [1.54, 1.807) is 0 Å². The molecule has 1 heterocycles. The Labute approximate surface area is 83.7 Å². The Balaban J connectivity index is 3.40. The molecule has 1 rings (SSSR count). The molecular formula is C8H9F3N2S. The number of aromatic nitrogens is 1. The van der Waals surface area contributed by atoms with Crippen molar-refractivity contribution in [3.05, 3.63) is 17.2 Å². The number of thioether (sulfide) groups is 1. The molecule has 0 aliphatic rings. The van der Waals surface area contributed by atoms with Crippen molar-refractivity contribution in [1.82, 2.24) is 4.98 Å². The minimum absolute atomic E-state index is 0.0741. The van der Waals surface area contributed by atoms with Crippen molar-refractivity contribution in [3.63, 3.8) is 0 Å². The van der Waals surface area contributed by atoms with E-state index < -0.39 is 11.7 Å². The smallest absolute Gasteiger partial charge is 0.384 e. The molecular weight excluding hydrogens is 213 g/mol. The van der Waals surface area contributed by atoms with Gasteiger partial charge in [-0.05, 0) is 24.8 Å². The van der Waals surface area contributed by atoms with Crippen LogP contribution < -0.4 is 5.73 Å². The first-order valence-electron chi connectivity index (χ1n) is 3.74. The number of halogens is 3. The molecule has 0 saturated carbocycles. The third kappa shape index (κ3) is 2.12. The van der Waals surface area contributed by atoms with Gasteiger partial charge < -0.3 is 5.73 Å². The average Bonchev–Trinajstić information content (AvgIpc) is 1.99. The molecule has 0 saturated heterocycles. The molecule has 0 radical (unpaired) electrons. The lowest BCUT2D eigenvalue weighted by Crippen LogP contribution is -2.11. The van der Waals surface area contributed by atoms with Crippen molar-refractivity contribution in [3.8, 4) is 0 Å². The van der Waals surface area contributed by atoms with Crippen LogP contribution in [-0.2, 0) is 6.18 Å². The molecule has 0 unspecified atom stereocenters. The lowest BCUT2D eigenvalue weighted by Gasteiger charge is -2.13. The lowest BCUT2D eigenvalue weighted by molar-refractivity contribution is -0.140. The summed E-state index contributed by atoms with van der Waals surface area (Å²) in [4.78, 5) is 3.64. The Hall–Kier alpha value is -0.910. The van der Waals surface area contributed by atoms with Crippen LogP contribution in [-0.4, -0.2) is 11.2 Å². The zero-order valence-corrected chi connectivity index (χ0v) is 8.46. The van der Waals surface area contributed by atoms with Crippen LogP contribution in [0.1, 0.15) is 11.1 Å². The van der Waals surface area contributed by atoms with Crippen molar-refractivity contribution in [2.24, 2.45) is 0 Å². The summed E-state index contributed by atoms with van der Waals surface area (Å²) in [6, 6.07) is 1.22. The number of nitrogen functional groups attached to an aromatic ring is 1. The second-order valence-electron chi connectivity index (χ2n) is 2.75. The van der Waals surface area contributed by atoms with Gasteiger partial charge in [0, 0.05) is 0 Å². The molecule has 0 aromatic carbocycles. The van der Waals surface area contributed by atoms with Gasteiger partial charge in [0.25, 0.3) is 0 Å². The van der Waals surface area contributed by atoms with Crippen molar-refractivity contribution >= 4 is 17.6 Å². The zero-order valence-electron chi connectivity index (χ0n) is 7.64. The monoisotopic (exact) mass is 222 g/mol. The molecule has 1 aromatic rings. The molecule has 78 valence electrons. The Morgan fingerprint density at radius 3 is 2.43 bits per heavy atom. The lowest BCUT2D eigenvalue weighted by atomic mass is 10.1. The fourth-order valence-corrected chi connectivity index (χ4v) is 1.84. The summed E-state index contributed by atoms with van der Waals surface area (Å²) in [7, 11) is 0. The van der Waals surface area contributed by atoms with Crippen molar-refractivity contribution in [2.45, 2.75) is 18.1 Å². The maximum Gasteiger partial charge on any atom is 0.419 e. The SMILES string of the molecule is CSc1nc(N)cc(C)c1C(F)(F)F. The number of nitrogens with two attached hydrogens (primary N) is 1. The van der Waals surface area contributed by atoms with Gasteiger partial charge in [-0.25, -0.2) is 4.98 Å². The van der Waals surface area contributed by atoms with Gasteiger partial charge >= 0.3 is 6.18 Å². The van der Waals surface area contributed by atoms with Gasteiger partial charge in [-0.2, -0.15) is 13.2 Å². The maximum atomic E-state index is 12.5. The number of aryl methyl sites for hydroxylation is 1. The van der Waals surface area contributed by atoms with Crippen LogP contribution in [0.4, 0.5) is 19.0 Å². The number of pyridine rings is 1. The Bertz CT molecular complexity index is 349. The average molecular weight is 222 g/mol. The van der Waals surface area contributed by atoms with Gasteiger partial charge in [0.2, 0.25) is 0 Å². The third-order valence-corrected chi connectivity index (χ3v) is 2.36. The molecule has 0 spiro atoms. The minimum atomic E-state index is -4.37. The van der Waals surface area contributed by atoms with E-state index in [0.717, 1.165) is 11.8 Å². The topological polar surface area (TPSA) is 38.9 Å². The Kier molecular flexibility index (Phi) is 2.94. The molecule has 0 amide bonds. The minimum Gasteiger partial charge on any atom is -0.384 e. The first kappa shape index (κ1) is 11.2. The molecule has 0 aliphatic heterocycles. The summed E-state index contributed by atoms with van der Waals surface area (Å²) in [6.07, 6.45) is -2.83. The fourth-order valence-electron chi connectivity index (χ4n) is 1.16. The normalized spacial score (nSPS) is 11.8. The van der Waals surface area contributed by atoms with E-state index in [-0.39, 0.29) is 16.4 Å². The van der Waals surface area contributed by atoms with E-state index in [1.165, 1.54) is 19.2 Å². The van der Waals surface area contributed by atoms with Crippen molar-refractivity contribution < 1.29 is 13.2 Å². The van der Waals surface area contributed by atoms with Gasteiger partial charge in [0.1, 0.15) is 10.8 Å².